The molecule has 0 radical (unpaired) electrons. The number of nitrogens with two attached hydrogens (primary N) is 1. The Bertz CT molecular complexity index is 3120. The van der Waals surface area contributed by atoms with Gasteiger partial charge in [-0.15, -0.1) is 35.9 Å². The van der Waals surface area contributed by atoms with Crippen molar-refractivity contribution in [2.75, 3.05) is 10.6 Å². The topological polar surface area (TPSA) is 151 Å². The van der Waals surface area contributed by atoms with Crippen molar-refractivity contribution >= 4 is 71.0 Å². The number of fused-ring (bicyclic) bond motifs is 2. The summed E-state index contributed by atoms with van der Waals surface area (Å²) in [5, 5.41) is 17.3. The van der Waals surface area contributed by atoms with Gasteiger partial charge in [0.25, 0.3) is 11.8 Å². The minimum atomic E-state index is -1.14. The van der Waals surface area contributed by atoms with Crippen LogP contribution in [0.2, 0.25) is 0 Å². The van der Waals surface area contributed by atoms with Crippen LogP contribution in [-0.2, 0) is 46.8 Å². The molecular formula is C60H53ClF2N4O5S2. The summed E-state index contributed by atoms with van der Waals surface area (Å²) in [5.74, 6) is -0.907. The lowest BCUT2D eigenvalue weighted by molar-refractivity contribution is -0.122. The SMILES string of the molecule is Cl.NC1(C(=O)Nc2ccc(SCc3ccccc3)cc2)Cc2ccccc2C1.O=C(NC1(C(=O)Nc2ccc(SCc3ccccc3)cc2)Cc2ccccc2C1)c1ccc(F)cc1.O=C(O)c1ccc(F)cc1. The fourth-order valence-electron chi connectivity index (χ4n) is 8.47. The van der Waals surface area contributed by atoms with E-state index in [1.807, 2.05) is 109 Å². The highest BCUT2D eigenvalue weighted by Crippen LogP contribution is 2.33. The molecule has 8 aromatic rings. The van der Waals surface area contributed by atoms with Crippen molar-refractivity contribution in [2.24, 2.45) is 5.73 Å². The molecule has 3 amide bonds. The molecule has 74 heavy (non-hydrogen) atoms. The average Bonchev–Trinajstić information content (AvgIpc) is 3.98. The molecule has 9 nitrogen and oxygen atoms in total. The zero-order valence-electron chi connectivity index (χ0n) is 40.0. The number of hydrogen-bond donors (Lipinski definition) is 5. The van der Waals surface area contributed by atoms with E-state index < -0.39 is 34.6 Å². The monoisotopic (exact) mass is 1050 g/mol. The predicted molar refractivity (Wildman–Crippen MR) is 294 cm³/mol. The Kier molecular flexibility index (Phi) is 18.6. The van der Waals surface area contributed by atoms with Gasteiger partial charge in [0.15, 0.2) is 0 Å². The number of anilines is 2. The summed E-state index contributed by atoms with van der Waals surface area (Å²) in [5.41, 5.74) is 13.2. The lowest BCUT2D eigenvalue weighted by atomic mass is 9.93. The number of halogens is 3. The quantitative estimate of drug-likeness (QED) is 0.0716. The molecule has 0 aliphatic heterocycles. The molecule has 0 atom stereocenters. The molecule has 376 valence electrons. The standard InChI is InChI=1S/C30H25FN2O2S.C23H22N2OS.C7H5FO2.ClH/c31-25-12-10-22(11-13-25)28(34)33-30(18-23-8-4-5-9-24(23)19-30)29(35)32-26-14-16-27(17-15-26)36-20-21-6-2-1-3-7-21;24-23(14-18-8-4-5-9-19(18)15-23)22(26)25-20-10-12-21(13-11-20)27-16-17-6-2-1-3-7-17;8-6-3-1-5(2-4-6)7(9)10;/h1-17H,18-20H2,(H,32,35)(H,33,34);1-13H,14-16,24H2,(H,25,26);1-4H,(H,9,10);1H. The van der Waals surface area contributed by atoms with Gasteiger partial charge >= 0.3 is 5.97 Å². The largest absolute Gasteiger partial charge is 0.478 e. The van der Waals surface area contributed by atoms with Crippen molar-refractivity contribution in [3.8, 4) is 0 Å². The van der Waals surface area contributed by atoms with Gasteiger partial charge in [-0.25, -0.2) is 13.6 Å². The van der Waals surface area contributed by atoms with Crippen molar-refractivity contribution in [1.29, 1.82) is 0 Å². The van der Waals surface area contributed by atoms with Gasteiger partial charge in [-0.2, -0.15) is 0 Å². The molecule has 2 aliphatic carbocycles. The maximum absolute atomic E-state index is 13.6. The highest BCUT2D eigenvalue weighted by atomic mass is 35.5. The second-order valence-electron chi connectivity index (χ2n) is 17.8. The fourth-order valence-corrected chi connectivity index (χ4v) is 10.2. The van der Waals surface area contributed by atoms with Crippen LogP contribution >= 0.6 is 35.9 Å². The van der Waals surface area contributed by atoms with E-state index >= 15 is 0 Å². The van der Waals surface area contributed by atoms with Gasteiger partial charge in [0, 0.05) is 51.1 Å². The summed E-state index contributed by atoms with van der Waals surface area (Å²) in [6, 6.07) is 62.2. The lowest BCUT2D eigenvalue weighted by Gasteiger charge is -2.29. The first kappa shape index (κ1) is 54.2. The van der Waals surface area contributed by atoms with Crippen LogP contribution < -0.4 is 21.7 Å². The zero-order valence-corrected chi connectivity index (χ0v) is 42.5. The Morgan fingerprint density at radius 2 is 0.838 bits per heavy atom. The average molecular weight is 1050 g/mol. The van der Waals surface area contributed by atoms with Crippen molar-refractivity contribution < 1.29 is 33.1 Å². The summed E-state index contributed by atoms with van der Waals surface area (Å²) in [4.78, 5) is 51.9. The second kappa shape index (κ2) is 25.4. The van der Waals surface area contributed by atoms with Gasteiger partial charge in [0.05, 0.1) is 5.56 Å². The smallest absolute Gasteiger partial charge is 0.335 e. The summed E-state index contributed by atoms with van der Waals surface area (Å²) >= 11 is 3.51. The van der Waals surface area contributed by atoms with E-state index in [0.29, 0.717) is 36.9 Å². The number of aromatic carboxylic acids is 1. The number of carboxylic acids is 1. The molecule has 0 heterocycles. The van der Waals surface area contributed by atoms with Gasteiger partial charge in [-0.3, -0.25) is 14.4 Å². The number of hydrogen-bond acceptors (Lipinski definition) is 7. The van der Waals surface area contributed by atoms with Crippen LogP contribution in [-0.4, -0.2) is 39.9 Å². The van der Waals surface area contributed by atoms with Crippen LogP contribution in [0.4, 0.5) is 20.2 Å². The van der Waals surface area contributed by atoms with Crippen LogP contribution in [0.1, 0.15) is 54.1 Å². The molecule has 2 aliphatic rings. The van der Waals surface area contributed by atoms with Gasteiger partial charge in [0.2, 0.25) is 5.91 Å². The van der Waals surface area contributed by atoms with Crippen molar-refractivity contribution in [2.45, 2.75) is 58.1 Å². The van der Waals surface area contributed by atoms with Gasteiger partial charge < -0.3 is 26.8 Å². The highest BCUT2D eigenvalue weighted by molar-refractivity contribution is 7.98. The third-order valence-corrected chi connectivity index (χ3v) is 14.6. The zero-order chi connectivity index (χ0) is 51.2. The molecular weight excluding hydrogens is 994 g/mol. The molecule has 14 heteroatoms. The summed E-state index contributed by atoms with van der Waals surface area (Å²) in [6.07, 6.45) is 1.93. The summed E-state index contributed by atoms with van der Waals surface area (Å²) in [7, 11) is 0. The molecule has 0 saturated carbocycles. The van der Waals surface area contributed by atoms with E-state index in [1.165, 1.54) is 63.5 Å². The Labute approximate surface area is 443 Å². The van der Waals surface area contributed by atoms with E-state index in [9.17, 15) is 28.0 Å². The maximum Gasteiger partial charge on any atom is 0.335 e. The highest BCUT2D eigenvalue weighted by Gasteiger charge is 2.45. The lowest BCUT2D eigenvalue weighted by Crippen LogP contribution is -2.57. The first-order valence-electron chi connectivity index (χ1n) is 23.5. The molecule has 10 rings (SSSR count). The normalized spacial score (nSPS) is 13.2. The third kappa shape index (κ3) is 14.6. The van der Waals surface area contributed by atoms with Crippen LogP contribution in [0.15, 0.2) is 216 Å². The Morgan fingerprint density at radius 1 is 0.473 bits per heavy atom. The molecule has 0 unspecified atom stereocenters. The number of amides is 3. The number of rotatable bonds is 13. The molecule has 0 aromatic heterocycles. The van der Waals surface area contributed by atoms with Crippen molar-refractivity contribution in [3.63, 3.8) is 0 Å². The number of thioether (sulfide) groups is 2. The molecule has 0 fully saturated rings. The number of carboxylic acid groups (broad SMARTS) is 1. The number of nitrogens with one attached hydrogen (secondary N) is 3. The van der Waals surface area contributed by atoms with Crippen LogP contribution in [0.3, 0.4) is 0 Å². The van der Waals surface area contributed by atoms with Crippen molar-refractivity contribution in [3.05, 3.63) is 262 Å². The number of carbonyl (C=O) groups is 4. The molecule has 8 aromatic carbocycles. The van der Waals surface area contributed by atoms with Crippen molar-refractivity contribution in [1.82, 2.24) is 5.32 Å². The van der Waals surface area contributed by atoms with E-state index in [2.05, 4.69) is 64.5 Å². The van der Waals surface area contributed by atoms with Gasteiger partial charge in [-0.1, -0.05) is 109 Å². The molecule has 6 N–H and O–H groups in total. The van der Waals surface area contributed by atoms with Gasteiger partial charge in [0.1, 0.15) is 22.7 Å². The maximum atomic E-state index is 13.6. The molecule has 0 spiro atoms. The van der Waals surface area contributed by atoms with Crippen LogP contribution in [0, 0.1) is 11.6 Å². The molecule has 0 saturated heterocycles. The van der Waals surface area contributed by atoms with E-state index in [-0.39, 0.29) is 29.8 Å². The van der Waals surface area contributed by atoms with E-state index in [4.69, 9.17) is 10.8 Å². The van der Waals surface area contributed by atoms with Crippen LogP contribution in [0.25, 0.3) is 0 Å². The number of benzene rings is 8. The Balaban J connectivity index is 0.000000185. The van der Waals surface area contributed by atoms with E-state index in [1.54, 1.807) is 23.5 Å². The third-order valence-electron chi connectivity index (χ3n) is 12.4. The Morgan fingerprint density at radius 3 is 1.24 bits per heavy atom. The minimum absolute atomic E-state index is 0. The van der Waals surface area contributed by atoms with Crippen LogP contribution in [0.5, 0.6) is 0 Å². The van der Waals surface area contributed by atoms with Gasteiger partial charge in [-0.05, 0) is 143 Å². The van der Waals surface area contributed by atoms with E-state index in [0.717, 1.165) is 45.3 Å². The fraction of sp³-hybridized carbons (Fsp3) is 0.133. The summed E-state index contributed by atoms with van der Waals surface area (Å²) < 4.78 is 25.5. The second-order valence-corrected chi connectivity index (χ2v) is 19.9. The minimum Gasteiger partial charge on any atom is -0.478 e. The molecule has 0 bridgehead atoms. The number of carbonyl (C=O) groups excluding carboxylic acids is 3. The first-order valence-corrected chi connectivity index (χ1v) is 25.5. The summed E-state index contributed by atoms with van der Waals surface area (Å²) in [6.45, 7) is 0. The Hall–Kier alpha value is -7.55. The first-order chi connectivity index (χ1) is 35.3. The predicted octanol–water partition coefficient (Wildman–Crippen LogP) is 12.4.